The lowest BCUT2D eigenvalue weighted by molar-refractivity contribution is 0.660. The molecule has 1 saturated heterocycles. The van der Waals surface area contributed by atoms with Crippen LogP contribution < -0.4 is 4.90 Å². The average molecular weight is 275 g/mol. The van der Waals surface area contributed by atoms with Crippen LogP contribution in [0.15, 0.2) is 6.07 Å². The van der Waals surface area contributed by atoms with Crippen molar-refractivity contribution in [3.05, 3.63) is 22.9 Å². The zero-order chi connectivity index (χ0) is 13.2. The molecule has 4 nitrogen and oxygen atoms in total. The van der Waals surface area contributed by atoms with Gasteiger partial charge >= 0.3 is 0 Å². The summed E-state index contributed by atoms with van der Waals surface area (Å²) in [6.07, 6.45) is 4.45. The molecule has 1 fully saturated rings. The van der Waals surface area contributed by atoms with Gasteiger partial charge in [-0.1, -0.05) is 0 Å². The van der Waals surface area contributed by atoms with Crippen molar-refractivity contribution < 1.29 is 4.21 Å². The maximum atomic E-state index is 11.4. The van der Waals surface area contributed by atoms with Crippen molar-refractivity contribution in [2.45, 2.75) is 25.7 Å². The topological polar surface area (TPSA) is 57.0 Å². The van der Waals surface area contributed by atoms with Crippen molar-refractivity contribution in [3.63, 3.8) is 0 Å². The first-order valence-electron chi connectivity index (χ1n) is 6.81. The van der Waals surface area contributed by atoms with E-state index in [-0.39, 0.29) is 0 Å². The minimum Gasteiger partial charge on any atom is -0.354 e. The molecule has 0 amide bonds. The van der Waals surface area contributed by atoms with Crippen molar-refractivity contribution in [1.82, 2.24) is 4.98 Å². The number of anilines is 1. The third-order valence-corrected chi connectivity index (χ3v) is 5.15. The molecule has 3 rings (SSSR count). The van der Waals surface area contributed by atoms with E-state index in [4.69, 9.17) is 4.98 Å². The lowest BCUT2D eigenvalue weighted by Gasteiger charge is -2.29. The van der Waals surface area contributed by atoms with Crippen LogP contribution in [0.1, 0.15) is 29.7 Å². The Morgan fingerprint density at radius 3 is 2.74 bits per heavy atom. The van der Waals surface area contributed by atoms with Crippen molar-refractivity contribution in [3.8, 4) is 6.07 Å². The summed E-state index contributed by atoms with van der Waals surface area (Å²) in [6, 6.07) is 4.29. The van der Waals surface area contributed by atoms with Crippen LogP contribution in [-0.4, -0.2) is 33.8 Å². The first kappa shape index (κ1) is 12.6. The molecule has 1 aliphatic carbocycles. The standard InChI is InChI=1S/C14H17N3OS/c15-10-12-9-11-3-1-2-4-13(11)16-14(12)17-5-7-19(18)8-6-17/h9H,1-8H2. The molecular weight excluding hydrogens is 258 g/mol. The van der Waals surface area contributed by atoms with Crippen molar-refractivity contribution >= 4 is 16.6 Å². The second kappa shape index (κ2) is 5.30. The van der Waals surface area contributed by atoms with E-state index in [1.54, 1.807) is 0 Å². The lowest BCUT2D eigenvalue weighted by atomic mass is 9.95. The Morgan fingerprint density at radius 2 is 2.00 bits per heavy atom. The fourth-order valence-electron chi connectivity index (χ4n) is 2.80. The third-order valence-electron chi connectivity index (χ3n) is 3.88. The van der Waals surface area contributed by atoms with Crippen LogP contribution in [0.25, 0.3) is 0 Å². The summed E-state index contributed by atoms with van der Waals surface area (Å²) >= 11 is 0. The predicted molar refractivity (Wildman–Crippen MR) is 75.7 cm³/mol. The first-order valence-corrected chi connectivity index (χ1v) is 8.29. The number of aromatic nitrogens is 1. The van der Waals surface area contributed by atoms with Crippen LogP contribution in [0.3, 0.4) is 0 Å². The van der Waals surface area contributed by atoms with Crippen molar-refractivity contribution in [2.24, 2.45) is 0 Å². The van der Waals surface area contributed by atoms with Crippen LogP contribution >= 0.6 is 0 Å². The summed E-state index contributed by atoms with van der Waals surface area (Å²) < 4.78 is 11.4. The molecule has 0 radical (unpaired) electrons. The molecule has 0 saturated carbocycles. The maximum Gasteiger partial charge on any atom is 0.146 e. The zero-order valence-corrected chi connectivity index (χ0v) is 11.7. The van der Waals surface area contributed by atoms with Gasteiger partial charge < -0.3 is 4.90 Å². The zero-order valence-electron chi connectivity index (χ0n) is 10.9. The van der Waals surface area contributed by atoms with Gasteiger partial charge in [0.1, 0.15) is 11.9 Å². The monoisotopic (exact) mass is 275 g/mol. The Labute approximate surface area is 115 Å². The highest BCUT2D eigenvalue weighted by atomic mass is 32.2. The van der Waals surface area contributed by atoms with Gasteiger partial charge in [0.15, 0.2) is 0 Å². The number of hydrogen-bond donors (Lipinski definition) is 0. The molecule has 0 spiro atoms. The maximum absolute atomic E-state index is 11.4. The number of hydrogen-bond acceptors (Lipinski definition) is 4. The molecule has 0 aromatic carbocycles. The van der Waals surface area contributed by atoms with Crippen LogP contribution in [0.4, 0.5) is 5.82 Å². The van der Waals surface area contributed by atoms with Gasteiger partial charge in [0.2, 0.25) is 0 Å². The molecule has 0 bridgehead atoms. The van der Waals surface area contributed by atoms with Gasteiger partial charge in [-0.2, -0.15) is 5.26 Å². The number of aryl methyl sites for hydroxylation is 2. The molecule has 2 heterocycles. The third kappa shape index (κ3) is 2.50. The molecule has 0 unspecified atom stereocenters. The van der Waals surface area contributed by atoms with E-state index in [2.05, 4.69) is 11.0 Å². The molecule has 0 atom stereocenters. The molecule has 2 aliphatic rings. The van der Waals surface area contributed by atoms with Crippen molar-refractivity contribution in [1.29, 1.82) is 5.26 Å². The number of nitriles is 1. The average Bonchev–Trinajstić information content (AvgIpc) is 2.46. The van der Waals surface area contributed by atoms with E-state index < -0.39 is 10.8 Å². The fourth-order valence-corrected chi connectivity index (χ4v) is 3.85. The van der Waals surface area contributed by atoms with Crippen LogP contribution in [-0.2, 0) is 23.6 Å². The van der Waals surface area contributed by atoms with Crippen LogP contribution in [0.5, 0.6) is 0 Å². The first-order chi connectivity index (χ1) is 9.28. The highest BCUT2D eigenvalue weighted by Crippen LogP contribution is 2.27. The van der Waals surface area contributed by atoms with Gasteiger partial charge in [0, 0.05) is 41.1 Å². The van der Waals surface area contributed by atoms with E-state index in [0.29, 0.717) is 17.1 Å². The number of pyridine rings is 1. The number of fused-ring (bicyclic) bond motifs is 1. The Hall–Kier alpha value is -1.41. The molecule has 1 aromatic heterocycles. The lowest BCUT2D eigenvalue weighted by Crippen LogP contribution is -2.39. The second-order valence-corrected chi connectivity index (χ2v) is 6.82. The largest absolute Gasteiger partial charge is 0.354 e. The van der Waals surface area contributed by atoms with Gasteiger partial charge in [0.05, 0.1) is 5.56 Å². The second-order valence-electron chi connectivity index (χ2n) is 5.12. The Bertz CT molecular complexity index is 555. The molecular formula is C14H17N3OS. The smallest absolute Gasteiger partial charge is 0.146 e. The summed E-state index contributed by atoms with van der Waals surface area (Å²) in [4.78, 5) is 6.86. The Balaban J connectivity index is 1.96. The molecule has 1 aromatic rings. The molecule has 100 valence electrons. The summed E-state index contributed by atoms with van der Waals surface area (Å²) in [7, 11) is -0.698. The van der Waals surface area contributed by atoms with Crippen LogP contribution in [0.2, 0.25) is 0 Å². The highest BCUT2D eigenvalue weighted by Gasteiger charge is 2.22. The fraction of sp³-hybridized carbons (Fsp3) is 0.571. The van der Waals surface area contributed by atoms with Gasteiger partial charge in [0.25, 0.3) is 0 Å². The predicted octanol–water partition coefficient (Wildman–Crippen LogP) is 1.40. The number of nitrogens with zero attached hydrogens (tertiary/aromatic N) is 3. The van der Waals surface area contributed by atoms with Crippen molar-refractivity contribution in [2.75, 3.05) is 29.5 Å². The summed E-state index contributed by atoms with van der Waals surface area (Å²) in [6.45, 7) is 1.49. The molecule has 5 heteroatoms. The van der Waals surface area contributed by atoms with E-state index >= 15 is 0 Å². The summed E-state index contributed by atoms with van der Waals surface area (Å²) in [5.41, 5.74) is 3.08. The van der Waals surface area contributed by atoms with E-state index in [1.165, 1.54) is 18.4 Å². The molecule has 1 aliphatic heterocycles. The van der Waals surface area contributed by atoms with E-state index in [0.717, 1.165) is 37.4 Å². The van der Waals surface area contributed by atoms with E-state index in [1.807, 2.05) is 6.07 Å². The Kier molecular flexibility index (Phi) is 3.52. The quantitative estimate of drug-likeness (QED) is 0.777. The minimum absolute atomic E-state index is 0.674. The van der Waals surface area contributed by atoms with Gasteiger partial charge in [-0.15, -0.1) is 0 Å². The van der Waals surface area contributed by atoms with E-state index in [9.17, 15) is 9.47 Å². The van der Waals surface area contributed by atoms with Crippen LogP contribution in [0, 0.1) is 11.3 Å². The SMILES string of the molecule is N#Cc1cc2c(nc1N1CCS(=O)CC1)CCCC2. The normalized spacial score (nSPS) is 19.8. The van der Waals surface area contributed by atoms with Gasteiger partial charge in [-0.05, 0) is 37.3 Å². The van der Waals surface area contributed by atoms with Gasteiger partial charge in [-0.3, -0.25) is 4.21 Å². The minimum atomic E-state index is -0.698. The highest BCUT2D eigenvalue weighted by molar-refractivity contribution is 7.85. The number of rotatable bonds is 1. The summed E-state index contributed by atoms with van der Waals surface area (Å²) in [5, 5.41) is 9.33. The molecule has 19 heavy (non-hydrogen) atoms. The van der Waals surface area contributed by atoms with Gasteiger partial charge in [-0.25, -0.2) is 4.98 Å². The molecule has 0 N–H and O–H groups in total. The Morgan fingerprint density at radius 1 is 1.26 bits per heavy atom. The summed E-state index contributed by atoms with van der Waals surface area (Å²) in [5.74, 6) is 2.17.